The van der Waals surface area contributed by atoms with Crippen LogP contribution in [0.3, 0.4) is 0 Å². The molecule has 1 rings (SSSR count). The Morgan fingerprint density at radius 1 is 1.31 bits per heavy atom. The van der Waals surface area contributed by atoms with Crippen LogP contribution in [0.1, 0.15) is 44.9 Å². The van der Waals surface area contributed by atoms with Gasteiger partial charge in [-0.15, -0.1) is 0 Å². The highest BCUT2D eigenvalue weighted by molar-refractivity contribution is 7.98. The van der Waals surface area contributed by atoms with Gasteiger partial charge in [-0.3, -0.25) is 0 Å². The highest BCUT2D eigenvalue weighted by atomic mass is 32.2. The molecule has 0 saturated heterocycles. The lowest BCUT2D eigenvalue weighted by atomic mass is 9.84. The quantitative estimate of drug-likeness (QED) is 0.740. The van der Waals surface area contributed by atoms with E-state index >= 15 is 0 Å². The molecule has 0 bridgehead atoms. The minimum absolute atomic E-state index is 0.468. The average Bonchev–Trinajstić information content (AvgIpc) is 2.16. The molecule has 0 spiro atoms. The Bertz CT molecular complexity index is 121. The molecule has 0 amide bonds. The molecule has 0 aromatic heterocycles. The van der Waals surface area contributed by atoms with Gasteiger partial charge in [-0.25, -0.2) is 0 Å². The second kappa shape index (κ2) is 6.72. The molecular formula is C11H23NS. The maximum Gasteiger partial charge on any atom is 0.00493 e. The van der Waals surface area contributed by atoms with Crippen LogP contribution in [-0.2, 0) is 0 Å². The summed E-state index contributed by atoms with van der Waals surface area (Å²) in [6, 6.07) is 0.468. The van der Waals surface area contributed by atoms with Gasteiger partial charge in [0.15, 0.2) is 0 Å². The fourth-order valence-corrected chi connectivity index (χ4v) is 2.78. The topological polar surface area (TPSA) is 26.0 Å². The molecule has 0 aromatic carbocycles. The van der Waals surface area contributed by atoms with Crippen LogP contribution in [0, 0.1) is 5.92 Å². The lowest BCUT2D eigenvalue weighted by Gasteiger charge is -2.24. The normalized spacial score (nSPS) is 21.7. The van der Waals surface area contributed by atoms with Gasteiger partial charge in [0.1, 0.15) is 0 Å². The monoisotopic (exact) mass is 201 g/mol. The summed E-state index contributed by atoms with van der Waals surface area (Å²) in [6.45, 7) is 0. The van der Waals surface area contributed by atoms with Crippen molar-refractivity contribution in [1.82, 2.24) is 0 Å². The van der Waals surface area contributed by atoms with Crippen LogP contribution in [0.4, 0.5) is 0 Å². The van der Waals surface area contributed by atoms with E-state index in [2.05, 4.69) is 6.26 Å². The molecule has 1 aliphatic carbocycles. The first-order valence-corrected chi connectivity index (χ1v) is 6.97. The molecule has 0 heterocycles. The third kappa shape index (κ3) is 4.92. The maximum absolute atomic E-state index is 6.08. The highest BCUT2D eigenvalue weighted by Crippen LogP contribution is 2.27. The summed E-state index contributed by atoms with van der Waals surface area (Å²) in [5.74, 6) is 2.18. The summed E-state index contributed by atoms with van der Waals surface area (Å²) in [6.07, 6.45) is 11.9. The average molecular weight is 201 g/mol. The molecule has 1 unspecified atom stereocenters. The van der Waals surface area contributed by atoms with E-state index < -0.39 is 0 Å². The van der Waals surface area contributed by atoms with E-state index in [0.717, 1.165) is 5.92 Å². The third-order valence-electron chi connectivity index (χ3n) is 3.05. The van der Waals surface area contributed by atoms with Crippen molar-refractivity contribution in [2.45, 2.75) is 51.0 Å². The first-order valence-electron chi connectivity index (χ1n) is 5.57. The number of rotatable bonds is 5. The molecule has 2 heteroatoms. The van der Waals surface area contributed by atoms with Crippen molar-refractivity contribution >= 4 is 11.8 Å². The largest absolute Gasteiger partial charge is 0.328 e. The van der Waals surface area contributed by atoms with Crippen molar-refractivity contribution in [1.29, 1.82) is 0 Å². The molecular weight excluding hydrogens is 178 g/mol. The zero-order valence-corrected chi connectivity index (χ0v) is 9.61. The summed E-state index contributed by atoms with van der Waals surface area (Å²) in [5.41, 5.74) is 6.08. The van der Waals surface area contributed by atoms with Gasteiger partial charge in [0.2, 0.25) is 0 Å². The van der Waals surface area contributed by atoms with E-state index in [-0.39, 0.29) is 0 Å². The number of thioether (sulfide) groups is 1. The van der Waals surface area contributed by atoms with E-state index in [4.69, 9.17) is 5.73 Å². The lowest BCUT2D eigenvalue weighted by Crippen LogP contribution is -2.25. The van der Waals surface area contributed by atoms with E-state index in [0.29, 0.717) is 6.04 Å². The fourth-order valence-electron chi connectivity index (χ4n) is 2.24. The lowest BCUT2D eigenvalue weighted by molar-refractivity contribution is 0.315. The van der Waals surface area contributed by atoms with Crippen molar-refractivity contribution in [3.05, 3.63) is 0 Å². The zero-order chi connectivity index (χ0) is 9.52. The molecule has 1 nitrogen and oxygen atoms in total. The maximum atomic E-state index is 6.08. The Morgan fingerprint density at radius 2 is 2.00 bits per heavy atom. The predicted molar refractivity (Wildman–Crippen MR) is 62.2 cm³/mol. The Morgan fingerprint density at radius 3 is 2.62 bits per heavy atom. The second-order valence-electron chi connectivity index (χ2n) is 4.28. The van der Waals surface area contributed by atoms with Crippen molar-refractivity contribution < 1.29 is 0 Å². The van der Waals surface area contributed by atoms with Crippen molar-refractivity contribution in [3.8, 4) is 0 Å². The van der Waals surface area contributed by atoms with E-state index in [9.17, 15) is 0 Å². The molecule has 1 atom stereocenters. The Hall–Kier alpha value is 0.310. The zero-order valence-electron chi connectivity index (χ0n) is 8.80. The summed E-state index contributed by atoms with van der Waals surface area (Å²) in [7, 11) is 0. The third-order valence-corrected chi connectivity index (χ3v) is 3.70. The van der Waals surface area contributed by atoms with Gasteiger partial charge < -0.3 is 5.73 Å². The van der Waals surface area contributed by atoms with Gasteiger partial charge in [0.25, 0.3) is 0 Å². The molecule has 2 N–H and O–H groups in total. The summed E-state index contributed by atoms with van der Waals surface area (Å²) in [5, 5.41) is 0. The van der Waals surface area contributed by atoms with E-state index in [1.54, 1.807) is 0 Å². The van der Waals surface area contributed by atoms with Crippen LogP contribution in [0.25, 0.3) is 0 Å². The van der Waals surface area contributed by atoms with Gasteiger partial charge in [-0.1, -0.05) is 32.1 Å². The van der Waals surface area contributed by atoms with Crippen molar-refractivity contribution in [2.75, 3.05) is 12.0 Å². The molecule has 1 fully saturated rings. The molecule has 13 heavy (non-hydrogen) atoms. The van der Waals surface area contributed by atoms with Gasteiger partial charge in [-0.2, -0.15) is 11.8 Å². The van der Waals surface area contributed by atoms with Crippen LogP contribution in [0.15, 0.2) is 0 Å². The van der Waals surface area contributed by atoms with Crippen LogP contribution < -0.4 is 5.73 Å². The van der Waals surface area contributed by atoms with Crippen LogP contribution in [0.2, 0.25) is 0 Å². The van der Waals surface area contributed by atoms with Crippen molar-refractivity contribution in [3.63, 3.8) is 0 Å². The second-order valence-corrected chi connectivity index (χ2v) is 5.27. The van der Waals surface area contributed by atoms with Crippen LogP contribution >= 0.6 is 11.8 Å². The molecule has 0 radical (unpaired) electrons. The Labute approximate surface area is 86.8 Å². The van der Waals surface area contributed by atoms with Crippen molar-refractivity contribution in [2.24, 2.45) is 11.7 Å². The first-order chi connectivity index (χ1) is 6.33. The summed E-state index contributed by atoms with van der Waals surface area (Å²) >= 11 is 1.91. The molecule has 0 aromatic rings. The standard InChI is InChI=1S/C11H23NS/c1-13-8-7-11(12)9-10-5-3-2-4-6-10/h10-11H,2-9,12H2,1H3. The minimum Gasteiger partial charge on any atom is -0.328 e. The molecule has 1 saturated carbocycles. The molecule has 0 aliphatic heterocycles. The SMILES string of the molecule is CSCCC(N)CC1CCCCC1. The minimum atomic E-state index is 0.468. The number of hydrogen-bond acceptors (Lipinski definition) is 2. The first kappa shape index (κ1) is 11.4. The van der Waals surface area contributed by atoms with Gasteiger partial charge in [-0.05, 0) is 30.8 Å². The van der Waals surface area contributed by atoms with Crippen LogP contribution in [-0.4, -0.2) is 18.1 Å². The summed E-state index contributed by atoms with van der Waals surface area (Å²) in [4.78, 5) is 0. The fraction of sp³-hybridized carbons (Fsp3) is 1.00. The Balaban J connectivity index is 2.07. The van der Waals surface area contributed by atoms with Gasteiger partial charge in [0.05, 0.1) is 0 Å². The molecule has 1 aliphatic rings. The molecule has 78 valence electrons. The van der Waals surface area contributed by atoms with E-state index in [1.165, 1.54) is 50.7 Å². The predicted octanol–water partition coefficient (Wildman–Crippen LogP) is 3.04. The van der Waals surface area contributed by atoms with Gasteiger partial charge >= 0.3 is 0 Å². The van der Waals surface area contributed by atoms with Gasteiger partial charge in [0, 0.05) is 6.04 Å². The van der Waals surface area contributed by atoms with E-state index in [1.807, 2.05) is 11.8 Å². The van der Waals surface area contributed by atoms with Crippen LogP contribution in [0.5, 0.6) is 0 Å². The highest BCUT2D eigenvalue weighted by Gasteiger charge is 2.16. The number of hydrogen-bond donors (Lipinski definition) is 1. The Kier molecular flexibility index (Phi) is 5.88. The smallest absolute Gasteiger partial charge is 0.00493 e. The summed E-state index contributed by atoms with van der Waals surface area (Å²) < 4.78 is 0. The number of nitrogens with two attached hydrogens (primary N) is 1.